The normalized spacial score (nSPS) is 8.58. The number of terminal acetylenes is 1. The summed E-state index contributed by atoms with van der Waals surface area (Å²) in [6, 6.07) is 26.1. The Kier molecular flexibility index (Phi) is 6.47. The molecule has 0 aliphatic rings. The summed E-state index contributed by atoms with van der Waals surface area (Å²) < 4.78 is 0. The molecule has 0 spiro atoms. The van der Waals surface area contributed by atoms with E-state index in [9.17, 15) is 0 Å². The molecule has 3 rings (SSSR count). The van der Waals surface area contributed by atoms with E-state index in [1.807, 2.05) is 66.7 Å². The molecule has 94 valence electrons. The van der Waals surface area contributed by atoms with Crippen LogP contribution in [-0.4, -0.2) is 0 Å². The molecule has 0 aliphatic heterocycles. The minimum Gasteiger partial charge on any atom is -0.214 e. The molecule has 0 aliphatic carbocycles. The van der Waals surface area contributed by atoms with Crippen molar-refractivity contribution < 1.29 is 17.1 Å². The second kappa shape index (κ2) is 8.16. The van der Waals surface area contributed by atoms with Crippen molar-refractivity contribution in [1.29, 1.82) is 0 Å². The van der Waals surface area contributed by atoms with Gasteiger partial charge in [-0.15, -0.1) is 36.1 Å². The summed E-state index contributed by atoms with van der Waals surface area (Å²) >= 11 is 0. The Balaban J connectivity index is 0.000000256. The van der Waals surface area contributed by atoms with Gasteiger partial charge >= 0.3 is 17.1 Å². The third kappa shape index (κ3) is 4.30. The van der Waals surface area contributed by atoms with Crippen LogP contribution in [0.2, 0.25) is 0 Å². The average Bonchev–Trinajstić information content (AvgIpc) is 3.14. The van der Waals surface area contributed by atoms with Gasteiger partial charge in [-0.2, -0.15) is 30.3 Å². The largest absolute Gasteiger partial charge is 2.00 e. The molecule has 0 amide bonds. The van der Waals surface area contributed by atoms with Gasteiger partial charge in [0.25, 0.3) is 0 Å². The first-order valence-corrected chi connectivity index (χ1v) is 5.86. The maximum Gasteiger partial charge on any atom is 2.00 e. The van der Waals surface area contributed by atoms with Gasteiger partial charge in [-0.05, 0) is 5.56 Å². The Hall–Kier alpha value is -2.00. The van der Waals surface area contributed by atoms with Crippen LogP contribution in [-0.2, 0) is 17.1 Å². The van der Waals surface area contributed by atoms with E-state index in [-0.39, 0.29) is 17.1 Å². The van der Waals surface area contributed by atoms with Crippen molar-refractivity contribution in [3.8, 4) is 23.5 Å². The first kappa shape index (κ1) is 15.1. The van der Waals surface area contributed by atoms with Gasteiger partial charge in [-0.25, -0.2) is 12.1 Å². The van der Waals surface area contributed by atoms with Gasteiger partial charge in [0, 0.05) is 0 Å². The summed E-state index contributed by atoms with van der Waals surface area (Å²) in [7, 11) is 0. The van der Waals surface area contributed by atoms with Crippen molar-refractivity contribution in [2.24, 2.45) is 0 Å². The van der Waals surface area contributed by atoms with Crippen molar-refractivity contribution in [3.05, 3.63) is 84.4 Å². The zero-order valence-electron chi connectivity index (χ0n) is 10.4. The molecule has 0 radical (unpaired) electrons. The Morgan fingerprint density at radius 1 is 0.895 bits per heavy atom. The zero-order chi connectivity index (χ0) is 12.6. The van der Waals surface area contributed by atoms with Gasteiger partial charge in [0.2, 0.25) is 0 Å². The maximum atomic E-state index is 5.41. The van der Waals surface area contributed by atoms with E-state index in [1.54, 1.807) is 0 Å². The fourth-order valence-corrected chi connectivity index (χ4v) is 1.74. The van der Waals surface area contributed by atoms with Crippen LogP contribution in [0, 0.1) is 12.3 Å². The fourth-order valence-electron chi connectivity index (χ4n) is 1.74. The van der Waals surface area contributed by atoms with E-state index < -0.39 is 0 Å². The third-order valence-corrected chi connectivity index (χ3v) is 2.61. The molecule has 3 aromatic rings. The first-order chi connectivity index (χ1) is 8.92. The molecule has 0 heterocycles. The number of rotatable bonds is 1. The van der Waals surface area contributed by atoms with Gasteiger partial charge in [0.15, 0.2) is 0 Å². The van der Waals surface area contributed by atoms with Crippen LogP contribution in [0.3, 0.4) is 0 Å². The smallest absolute Gasteiger partial charge is 0.214 e. The molecule has 3 aromatic carbocycles. The molecule has 0 N–H and O–H groups in total. The summed E-state index contributed by atoms with van der Waals surface area (Å²) in [6.07, 6.45) is 5.41. The predicted octanol–water partition coefficient (Wildman–Crippen LogP) is 4.46. The van der Waals surface area contributed by atoms with Gasteiger partial charge in [-0.3, -0.25) is 0 Å². The van der Waals surface area contributed by atoms with Crippen LogP contribution >= 0.6 is 0 Å². The van der Waals surface area contributed by atoms with Crippen LogP contribution in [0.1, 0.15) is 5.56 Å². The minimum absolute atomic E-state index is 0. The molecule has 0 fully saturated rings. The first-order valence-electron chi connectivity index (χ1n) is 5.86. The van der Waals surface area contributed by atoms with Crippen LogP contribution in [0.4, 0.5) is 0 Å². The van der Waals surface area contributed by atoms with Crippen molar-refractivity contribution in [2.75, 3.05) is 0 Å². The van der Waals surface area contributed by atoms with E-state index in [4.69, 9.17) is 6.42 Å². The molecular formula is C18H14Fe. The van der Waals surface area contributed by atoms with Crippen molar-refractivity contribution in [1.82, 2.24) is 0 Å². The van der Waals surface area contributed by atoms with E-state index in [2.05, 4.69) is 18.1 Å². The molecule has 19 heavy (non-hydrogen) atoms. The summed E-state index contributed by atoms with van der Waals surface area (Å²) in [4.78, 5) is 0. The van der Waals surface area contributed by atoms with Gasteiger partial charge < -0.3 is 0 Å². The van der Waals surface area contributed by atoms with E-state index in [1.165, 1.54) is 5.56 Å². The fraction of sp³-hybridized carbons (Fsp3) is 0. The van der Waals surface area contributed by atoms with Crippen LogP contribution in [0.25, 0.3) is 11.1 Å². The predicted molar refractivity (Wildman–Crippen MR) is 77.4 cm³/mol. The third-order valence-electron chi connectivity index (χ3n) is 2.61. The van der Waals surface area contributed by atoms with Gasteiger partial charge in [-0.1, -0.05) is 23.8 Å². The van der Waals surface area contributed by atoms with Gasteiger partial charge in [0.05, 0.1) is 0 Å². The molecule has 0 saturated carbocycles. The molecule has 0 aromatic heterocycles. The van der Waals surface area contributed by atoms with Crippen molar-refractivity contribution in [2.45, 2.75) is 0 Å². The Morgan fingerprint density at radius 3 is 2.05 bits per heavy atom. The SMILES string of the molecule is C#Cc1ccccc1-[c-]1cccc1.[Fe+2].c1cc[cH-]c1. The topological polar surface area (TPSA) is 0 Å². The summed E-state index contributed by atoms with van der Waals surface area (Å²) in [6.45, 7) is 0. The minimum atomic E-state index is 0. The molecule has 0 bridgehead atoms. The molecule has 0 atom stereocenters. The van der Waals surface area contributed by atoms with E-state index >= 15 is 0 Å². The second-order valence-electron chi connectivity index (χ2n) is 3.83. The Morgan fingerprint density at radius 2 is 1.53 bits per heavy atom. The Bertz CT molecular complexity index is 578. The monoisotopic (exact) mass is 286 g/mol. The second-order valence-corrected chi connectivity index (χ2v) is 3.83. The standard InChI is InChI=1S/C13H9.C5H5.Fe/c1-2-11-7-5-6-10-13(11)12-8-3-4-9-12;1-2-4-5-3-1;/h1,3-10H;1-5H;/q2*-1;+2. The van der Waals surface area contributed by atoms with Crippen LogP contribution < -0.4 is 0 Å². The summed E-state index contributed by atoms with van der Waals surface area (Å²) in [5, 5.41) is 0. The molecule has 0 unspecified atom stereocenters. The number of hydrogen-bond donors (Lipinski definition) is 0. The van der Waals surface area contributed by atoms with Crippen molar-refractivity contribution in [3.63, 3.8) is 0 Å². The molecular weight excluding hydrogens is 272 g/mol. The van der Waals surface area contributed by atoms with E-state index in [0.717, 1.165) is 11.1 Å². The molecule has 0 saturated heterocycles. The number of benzene rings is 1. The summed E-state index contributed by atoms with van der Waals surface area (Å²) in [5.41, 5.74) is 3.28. The summed E-state index contributed by atoms with van der Waals surface area (Å²) in [5.74, 6) is 2.68. The number of hydrogen-bond acceptors (Lipinski definition) is 0. The molecule has 0 nitrogen and oxygen atoms in total. The van der Waals surface area contributed by atoms with Crippen molar-refractivity contribution >= 4 is 0 Å². The van der Waals surface area contributed by atoms with E-state index in [0.29, 0.717) is 0 Å². The zero-order valence-corrected chi connectivity index (χ0v) is 11.5. The van der Waals surface area contributed by atoms with Gasteiger partial charge in [0.1, 0.15) is 0 Å². The quantitative estimate of drug-likeness (QED) is 0.352. The van der Waals surface area contributed by atoms with Crippen LogP contribution in [0.5, 0.6) is 0 Å². The average molecular weight is 286 g/mol. The maximum absolute atomic E-state index is 5.41. The Labute approximate surface area is 125 Å². The van der Waals surface area contributed by atoms with Crippen LogP contribution in [0.15, 0.2) is 78.9 Å². The molecule has 1 heteroatoms.